The van der Waals surface area contributed by atoms with Gasteiger partial charge in [-0.25, -0.2) is 13.1 Å². The van der Waals surface area contributed by atoms with Crippen molar-refractivity contribution in [1.29, 1.82) is 0 Å². The lowest BCUT2D eigenvalue weighted by Gasteiger charge is -2.28. The molecular weight excluding hydrogens is 446 g/mol. The molecule has 0 spiro atoms. The average Bonchev–Trinajstić information content (AvgIpc) is 2.83. The Morgan fingerprint density at radius 3 is 2.33 bits per heavy atom. The summed E-state index contributed by atoms with van der Waals surface area (Å²) in [4.78, 5) is 10.2. The highest BCUT2D eigenvalue weighted by Crippen LogP contribution is 2.31. The summed E-state index contributed by atoms with van der Waals surface area (Å²) < 4.78 is 38.9. The van der Waals surface area contributed by atoms with Crippen molar-refractivity contribution in [3.05, 3.63) is 58.1 Å². The fourth-order valence-electron chi connectivity index (χ4n) is 4.40. The molecule has 2 aliphatic rings. The molecule has 1 aliphatic carbocycles. The number of rotatable bonds is 9. The van der Waals surface area contributed by atoms with E-state index >= 15 is 0 Å². The van der Waals surface area contributed by atoms with Crippen LogP contribution in [0.4, 0.5) is 5.69 Å². The number of ether oxygens (including phenoxy) is 2. The third-order valence-electron chi connectivity index (χ3n) is 6.25. The van der Waals surface area contributed by atoms with E-state index in [1.807, 2.05) is 18.2 Å². The number of benzene rings is 2. The molecule has 1 saturated carbocycles. The number of hydrogen-bond acceptors (Lipinski definition) is 7. The summed E-state index contributed by atoms with van der Waals surface area (Å²) in [5.41, 5.74) is 0.746. The van der Waals surface area contributed by atoms with Gasteiger partial charge in [-0.2, -0.15) is 0 Å². The fourth-order valence-corrected chi connectivity index (χ4v) is 5.68. The number of nitro benzene ring substituents is 1. The van der Waals surface area contributed by atoms with Crippen molar-refractivity contribution in [3.8, 4) is 11.5 Å². The second-order valence-electron chi connectivity index (χ2n) is 8.57. The van der Waals surface area contributed by atoms with Crippen LogP contribution < -0.4 is 19.5 Å². The van der Waals surface area contributed by atoms with Crippen molar-refractivity contribution in [2.24, 2.45) is 11.8 Å². The molecule has 1 aliphatic heterocycles. The van der Waals surface area contributed by atoms with E-state index in [9.17, 15) is 18.5 Å². The molecule has 4 rings (SSSR count). The van der Waals surface area contributed by atoms with Crippen LogP contribution in [0, 0.1) is 22.0 Å². The van der Waals surface area contributed by atoms with Crippen LogP contribution in [-0.2, 0) is 16.6 Å². The van der Waals surface area contributed by atoms with Gasteiger partial charge in [0.1, 0.15) is 13.2 Å². The van der Waals surface area contributed by atoms with Crippen molar-refractivity contribution >= 4 is 15.7 Å². The third-order valence-corrected chi connectivity index (χ3v) is 7.72. The monoisotopic (exact) mass is 475 g/mol. The van der Waals surface area contributed by atoms with Crippen LogP contribution in [0.15, 0.2) is 47.4 Å². The Morgan fingerprint density at radius 1 is 0.939 bits per heavy atom. The highest BCUT2D eigenvalue weighted by atomic mass is 32.2. The number of fused-ring (bicyclic) bond motifs is 1. The van der Waals surface area contributed by atoms with Crippen LogP contribution in [0.3, 0.4) is 0 Å². The van der Waals surface area contributed by atoms with Gasteiger partial charge < -0.3 is 14.8 Å². The number of nitrogens with one attached hydrogen (secondary N) is 2. The fraction of sp³-hybridized carbons (Fsp3) is 0.478. The Hall–Kier alpha value is -2.69. The number of para-hydroxylation sites is 1. The van der Waals surface area contributed by atoms with Crippen molar-refractivity contribution in [3.63, 3.8) is 0 Å². The summed E-state index contributed by atoms with van der Waals surface area (Å²) in [5, 5.41) is 14.7. The first-order valence-corrected chi connectivity index (χ1v) is 12.7. The SMILES string of the molecule is O=[N+]([O-])c1ccccc1S(=O)(=O)NCC1CCC(CNCc2ccc3c(c2)OCCO3)CC1. The maximum absolute atomic E-state index is 12.6. The normalized spacial score (nSPS) is 20.4. The summed E-state index contributed by atoms with van der Waals surface area (Å²) in [7, 11) is -3.92. The Morgan fingerprint density at radius 2 is 1.61 bits per heavy atom. The molecule has 0 bridgehead atoms. The summed E-state index contributed by atoms with van der Waals surface area (Å²) in [5.74, 6) is 2.37. The molecule has 0 amide bonds. The largest absolute Gasteiger partial charge is 0.486 e. The minimum absolute atomic E-state index is 0.233. The van der Waals surface area contributed by atoms with E-state index in [4.69, 9.17) is 9.47 Å². The van der Waals surface area contributed by atoms with E-state index in [2.05, 4.69) is 10.0 Å². The molecule has 178 valence electrons. The number of nitrogens with zero attached hydrogens (tertiary/aromatic N) is 1. The number of hydrogen-bond donors (Lipinski definition) is 2. The lowest BCUT2D eigenvalue weighted by Crippen LogP contribution is -2.33. The predicted octanol–water partition coefficient (Wildman–Crippen LogP) is 3.24. The zero-order valence-electron chi connectivity index (χ0n) is 18.4. The van der Waals surface area contributed by atoms with Crippen molar-refractivity contribution < 1.29 is 22.8 Å². The van der Waals surface area contributed by atoms with Gasteiger partial charge in [0, 0.05) is 19.2 Å². The van der Waals surface area contributed by atoms with Gasteiger partial charge in [-0.3, -0.25) is 10.1 Å². The predicted molar refractivity (Wildman–Crippen MR) is 123 cm³/mol. The molecular formula is C23H29N3O6S. The van der Waals surface area contributed by atoms with Crippen molar-refractivity contribution in [2.45, 2.75) is 37.1 Å². The van der Waals surface area contributed by atoms with E-state index in [1.54, 1.807) is 0 Å². The van der Waals surface area contributed by atoms with E-state index < -0.39 is 20.6 Å². The molecule has 1 fully saturated rings. The molecule has 2 aromatic carbocycles. The number of sulfonamides is 1. The van der Waals surface area contributed by atoms with Gasteiger partial charge in [0.15, 0.2) is 16.4 Å². The first kappa shape index (κ1) is 23.5. The first-order valence-electron chi connectivity index (χ1n) is 11.2. The molecule has 10 heteroatoms. The van der Waals surface area contributed by atoms with Gasteiger partial charge in [0.05, 0.1) is 4.92 Å². The van der Waals surface area contributed by atoms with Gasteiger partial charge in [-0.05, 0) is 67.8 Å². The van der Waals surface area contributed by atoms with Crippen LogP contribution >= 0.6 is 0 Å². The highest BCUT2D eigenvalue weighted by molar-refractivity contribution is 7.89. The molecule has 0 saturated heterocycles. The lowest BCUT2D eigenvalue weighted by atomic mass is 9.82. The molecule has 0 atom stereocenters. The van der Waals surface area contributed by atoms with Gasteiger partial charge in [-0.15, -0.1) is 0 Å². The third kappa shape index (κ3) is 6.01. The zero-order chi connectivity index (χ0) is 23.3. The zero-order valence-corrected chi connectivity index (χ0v) is 19.2. The molecule has 2 aromatic rings. The summed E-state index contributed by atoms with van der Waals surface area (Å²) >= 11 is 0. The Labute approximate surface area is 193 Å². The average molecular weight is 476 g/mol. The highest BCUT2D eigenvalue weighted by Gasteiger charge is 2.27. The van der Waals surface area contributed by atoms with Gasteiger partial charge in [0.25, 0.3) is 5.69 Å². The van der Waals surface area contributed by atoms with Crippen molar-refractivity contribution in [1.82, 2.24) is 10.0 Å². The van der Waals surface area contributed by atoms with Crippen LogP contribution in [0.5, 0.6) is 11.5 Å². The van der Waals surface area contributed by atoms with E-state index in [1.165, 1.54) is 24.3 Å². The van der Waals surface area contributed by atoms with Gasteiger partial charge in [0.2, 0.25) is 10.0 Å². The van der Waals surface area contributed by atoms with Crippen LogP contribution in [0.1, 0.15) is 31.2 Å². The van der Waals surface area contributed by atoms with Crippen LogP contribution in [-0.4, -0.2) is 39.6 Å². The second-order valence-corrected chi connectivity index (χ2v) is 10.3. The molecule has 33 heavy (non-hydrogen) atoms. The molecule has 1 heterocycles. The van der Waals surface area contributed by atoms with Crippen molar-refractivity contribution in [2.75, 3.05) is 26.3 Å². The Kier molecular flexibility index (Phi) is 7.46. The molecule has 0 aromatic heterocycles. The molecule has 0 unspecified atom stereocenters. The maximum Gasteiger partial charge on any atom is 0.289 e. The van der Waals surface area contributed by atoms with Gasteiger partial charge in [-0.1, -0.05) is 18.2 Å². The number of nitro groups is 1. The van der Waals surface area contributed by atoms with Crippen LogP contribution in [0.25, 0.3) is 0 Å². The molecule has 9 nitrogen and oxygen atoms in total. The summed E-state index contributed by atoms with van der Waals surface area (Å²) in [6, 6.07) is 11.4. The first-order chi connectivity index (χ1) is 15.9. The summed E-state index contributed by atoms with van der Waals surface area (Å²) in [6.45, 7) is 3.12. The summed E-state index contributed by atoms with van der Waals surface area (Å²) in [6.07, 6.45) is 3.89. The van der Waals surface area contributed by atoms with E-state index in [0.717, 1.165) is 55.8 Å². The van der Waals surface area contributed by atoms with Crippen LogP contribution in [0.2, 0.25) is 0 Å². The van der Waals surface area contributed by atoms with E-state index in [-0.39, 0.29) is 10.8 Å². The molecule has 2 N–H and O–H groups in total. The minimum Gasteiger partial charge on any atom is -0.486 e. The Bertz CT molecular complexity index is 1080. The van der Waals surface area contributed by atoms with E-state index in [0.29, 0.717) is 25.7 Å². The lowest BCUT2D eigenvalue weighted by molar-refractivity contribution is -0.387. The standard InChI is InChI=1S/C23H29N3O6S/c27-26(28)20-3-1-2-4-23(20)33(29,30)25-16-18-7-5-17(6-8-18)14-24-15-19-9-10-21-22(13-19)32-12-11-31-21/h1-4,9-10,13,17-18,24-25H,5-8,11-12,14-16H2. The minimum atomic E-state index is -3.92. The maximum atomic E-state index is 12.6. The quantitative estimate of drug-likeness (QED) is 0.422. The second kappa shape index (κ2) is 10.5. The Balaban J connectivity index is 1.20. The smallest absolute Gasteiger partial charge is 0.289 e. The topological polar surface area (TPSA) is 120 Å². The molecule has 0 radical (unpaired) electrons. The van der Waals surface area contributed by atoms with Gasteiger partial charge >= 0.3 is 0 Å².